The fraction of sp³-hybridized carbons (Fsp3) is 0.188. The van der Waals surface area contributed by atoms with Gasteiger partial charge >= 0.3 is 0 Å². The zero-order valence-corrected chi connectivity index (χ0v) is 12.8. The first-order valence-corrected chi connectivity index (χ1v) is 8.06. The van der Waals surface area contributed by atoms with E-state index in [9.17, 15) is 8.42 Å². The molecule has 0 heterocycles. The predicted octanol–water partition coefficient (Wildman–Crippen LogP) is 2.83. The second-order valence-electron chi connectivity index (χ2n) is 4.83. The highest BCUT2D eigenvalue weighted by Gasteiger charge is 2.20. The van der Waals surface area contributed by atoms with E-state index in [1.54, 1.807) is 30.3 Å². The molecule has 0 N–H and O–H groups in total. The normalized spacial score (nSPS) is 10.9. The van der Waals surface area contributed by atoms with Gasteiger partial charge in [-0.1, -0.05) is 30.3 Å². The van der Waals surface area contributed by atoms with Crippen molar-refractivity contribution < 1.29 is 8.42 Å². The average molecular weight is 300 g/mol. The molecule has 0 aliphatic rings. The Hall–Kier alpha value is -2.32. The van der Waals surface area contributed by atoms with Crippen molar-refractivity contribution in [3.05, 3.63) is 65.2 Å². The lowest BCUT2D eigenvalue weighted by Gasteiger charge is -2.20. The largest absolute Gasteiger partial charge is 0.273 e. The maximum Gasteiger partial charge on any atom is 0.239 e. The van der Waals surface area contributed by atoms with E-state index in [4.69, 9.17) is 5.26 Å². The van der Waals surface area contributed by atoms with Crippen molar-refractivity contribution in [3.63, 3.8) is 0 Å². The van der Waals surface area contributed by atoms with E-state index in [2.05, 4.69) is 0 Å². The summed E-state index contributed by atoms with van der Waals surface area (Å²) in [6, 6.07) is 16.1. The third-order valence-electron chi connectivity index (χ3n) is 3.26. The summed E-state index contributed by atoms with van der Waals surface area (Å²) in [7, 11) is -2.01. The van der Waals surface area contributed by atoms with Gasteiger partial charge in [0.05, 0.1) is 23.1 Å². The lowest BCUT2D eigenvalue weighted by atomic mass is 10.1. The Morgan fingerprint density at radius 3 is 2.52 bits per heavy atom. The molecule has 0 fully saturated rings. The van der Waals surface area contributed by atoms with E-state index in [1.165, 1.54) is 11.4 Å². The first kappa shape index (κ1) is 15.1. The lowest BCUT2D eigenvalue weighted by Crippen LogP contribution is -2.28. The number of aryl methyl sites for hydroxylation is 1. The zero-order chi connectivity index (χ0) is 15.5. The van der Waals surface area contributed by atoms with E-state index in [0.29, 0.717) is 16.8 Å². The molecule has 4 nitrogen and oxygen atoms in total. The average Bonchev–Trinajstić information content (AvgIpc) is 2.46. The minimum Gasteiger partial charge on any atom is -0.273 e. The number of nitrogens with zero attached hydrogens (tertiary/aromatic N) is 2. The van der Waals surface area contributed by atoms with Gasteiger partial charge in [0, 0.05) is 7.05 Å². The summed E-state index contributed by atoms with van der Waals surface area (Å²) in [5.41, 5.74) is 2.51. The van der Waals surface area contributed by atoms with E-state index in [0.717, 1.165) is 5.56 Å². The Bertz CT molecular complexity index is 792. The Morgan fingerprint density at radius 1 is 1.14 bits per heavy atom. The van der Waals surface area contributed by atoms with Gasteiger partial charge in [0.25, 0.3) is 0 Å². The summed E-state index contributed by atoms with van der Waals surface area (Å²) in [4.78, 5) is 0. The van der Waals surface area contributed by atoms with Crippen LogP contribution >= 0.6 is 0 Å². The maximum atomic E-state index is 12.5. The Morgan fingerprint density at radius 2 is 1.86 bits per heavy atom. The van der Waals surface area contributed by atoms with Crippen molar-refractivity contribution in [1.29, 1.82) is 5.26 Å². The van der Waals surface area contributed by atoms with E-state index in [1.807, 2.05) is 31.2 Å². The van der Waals surface area contributed by atoms with E-state index < -0.39 is 10.0 Å². The molecule has 0 aliphatic carbocycles. The van der Waals surface area contributed by atoms with Gasteiger partial charge in [-0.05, 0) is 36.2 Å². The minimum atomic E-state index is -3.53. The second-order valence-corrected chi connectivity index (χ2v) is 6.83. The van der Waals surface area contributed by atoms with Gasteiger partial charge in [-0.25, -0.2) is 8.42 Å². The highest BCUT2D eigenvalue weighted by atomic mass is 32.2. The van der Waals surface area contributed by atoms with Crippen LogP contribution in [0.1, 0.15) is 16.7 Å². The van der Waals surface area contributed by atoms with Crippen LogP contribution in [0.3, 0.4) is 0 Å². The van der Waals surface area contributed by atoms with Crippen molar-refractivity contribution in [2.75, 3.05) is 11.4 Å². The van der Waals surface area contributed by atoms with Crippen LogP contribution in [0.4, 0.5) is 5.69 Å². The number of sulfonamides is 1. The Labute approximate surface area is 125 Å². The minimum absolute atomic E-state index is 0.193. The van der Waals surface area contributed by atoms with Crippen LogP contribution in [0, 0.1) is 18.3 Å². The van der Waals surface area contributed by atoms with Gasteiger partial charge in [0.1, 0.15) is 0 Å². The number of rotatable bonds is 4. The maximum absolute atomic E-state index is 12.5. The van der Waals surface area contributed by atoms with Crippen molar-refractivity contribution in [1.82, 2.24) is 0 Å². The second kappa shape index (κ2) is 5.98. The molecule has 0 saturated carbocycles. The molecule has 21 heavy (non-hydrogen) atoms. The summed E-state index contributed by atoms with van der Waals surface area (Å²) in [6.07, 6.45) is 0. The van der Waals surface area contributed by atoms with Crippen molar-refractivity contribution in [3.8, 4) is 6.07 Å². The molecule has 5 heteroatoms. The van der Waals surface area contributed by atoms with Crippen LogP contribution in [0.5, 0.6) is 0 Å². The fourth-order valence-corrected chi connectivity index (χ4v) is 3.31. The molecule has 108 valence electrons. The number of nitriles is 1. The summed E-state index contributed by atoms with van der Waals surface area (Å²) >= 11 is 0. The quantitative estimate of drug-likeness (QED) is 0.872. The standard InChI is InChI=1S/C16H16N2O2S/c1-13-6-5-9-16(10-13)18(2)21(19,20)12-15-8-4-3-7-14(15)11-17/h3-10H,12H2,1-2H3. The molecule has 2 aromatic rings. The van der Waals surface area contributed by atoms with Crippen LogP contribution in [0.25, 0.3) is 0 Å². The van der Waals surface area contributed by atoms with Crippen LogP contribution in [-0.4, -0.2) is 15.5 Å². The molecule has 0 saturated heterocycles. The van der Waals surface area contributed by atoms with Gasteiger partial charge in [-0.15, -0.1) is 0 Å². The molecule has 0 aliphatic heterocycles. The van der Waals surface area contributed by atoms with Crippen LogP contribution in [0.2, 0.25) is 0 Å². The van der Waals surface area contributed by atoms with Gasteiger partial charge in [-0.3, -0.25) is 4.31 Å². The van der Waals surface area contributed by atoms with Crippen molar-refractivity contribution >= 4 is 15.7 Å². The number of hydrogen-bond donors (Lipinski definition) is 0. The highest BCUT2D eigenvalue weighted by Crippen LogP contribution is 2.21. The third kappa shape index (κ3) is 3.41. The SMILES string of the molecule is Cc1cccc(N(C)S(=O)(=O)Cc2ccccc2C#N)c1. The Kier molecular flexibility index (Phi) is 4.29. The smallest absolute Gasteiger partial charge is 0.239 e. The van der Waals surface area contributed by atoms with Gasteiger partial charge in [0.2, 0.25) is 10.0 Å². The van der Waals surface area contributed by atoms with Crippen LogP contribution < -0.4 is 4.31 Å². The number of hydrogen-bond acceptors (Lipinski definition) is 3. The number of benzene rings is 2. The molecule has 0 aromatic heterocycles. The summed E-state index contributed by atoms with van der Waals surface area (Å²) in [5, 5.41) is 9.05. The molecule has 2 rings (SSSR count). The molecular formula is C16H16N2O2S. The molecular weight excluding hydrogens is 284 g/mol. The van der Waals surface area contributed by atoms with Crippen molar-refractivity contribution in [2.45, 2.75) is 12.7 Å². The first-order chi connectivity index (χ1) is 9.94. The highest BCUT2D eigenvalue weighted by molar-refractivity contribution is 7.92. The summed E-state index contributed by atoms with van der Waals surface area (Å²) < 4.78 is 26.3. The fourth-order valence-electron chi connectivity index (χ4n) is 2.03. The van der Waals surface area contributed by atoms with Crippen molar-refractivity contribution in [2.24, 2.45) is 0 Å². The molecule has 0 bridgehead atoms. The van der Waals surface area contributed by atoms with E-state index >= 15 is 0 Å². The molecule has 2 aromatic carbocycles. The zero-order valence-electron chi connectivity index (χ0n) is 11.9. The third-order valence-corrected chi connectivity index (χ3v) is 4.98. The monoisotopic (exact) mass is 300 g/mol. The van der Waals surface area contributed by atoms with E-state index in [-0.39, 0.29) is 5.75 Å². The molecule has 0 atom stereocenters. The summed E-state index contributed by atoms with van der Waals surface area (Å²) in [6.45, 7) is 1.91. The molecule has 0 amide bonds. The molecule has 0 unspecified atom stereocenters. The van der Waals surface area contributed by atoms with Gasteiger partial charge in [-0.2, -0.15) is 5.26 Å². The molecule has 0 radical (unpaired) electrons. The topological polar surface area (TPSA) is 61.2 Å². The number of anilines is 1. The summed E-state index contributed by atoms with van der Waals surface area (Å²) in [5.74, 6) is -0.193. The Balaban J connectivity index is 2.32. The van der Waals surface area contributed by atoms with Crippen LogP contribution in [0.15, 0.2) is 48.5 Å². The first-order valence-electron chi connectivity index (χ1n) is 6.45. The van der Waals surface area contributed by atoms with Gasteiger partial charge in [0.15, 0.2) is 0 Å². The molecule has 0 spiro atoms. The van der Waals surface area contributed by atoms with Crippen LogP contribution in [-0.2, 0) is 15.8 Å². The van der Waals surface area contributed by atoms with Gasteiger partial charge < -0.3 is 0 Å². The predicted molar refractivity (Wildman–Crippen MR) is 83.4 cm³/mol. The lowest BCUT2D eigenvalue weighted by molar-refractivity contribution is 0.593.